The SMILES string of the molecule is CC.CC1CCC2(C)C(CCC3C2CCC2(C)C(C(=O)c4ccn(C)n4)CCC32)C1. The summed E-state index contributed by atoms with van der Waals surface area (Å²) >= 11 is 0. The van der Waals surface area contributed by atoms with Crippen LogP contribution in [0.4, 0.5) is 0 Å². The third-order valence-corrected chi connectivity index (χ3v) is 10.2. The van der Waals surface area contributed by atoms with Gasteiger partial charge >= 0.3 is 0 Å². The van der Waals surface area contributed by atoms with Crippen LogP contribution in [-0.2, 0) is 7.05 Å². The lowest BCUT2D eigenvalue weighted by molar-refractivity contribution is -0.114. The Morgan fingerprint density at radius 3 is 2.40 bits per heavy atom. The van der Waals surface area contributed by atoms with Gasteiger partial charge in [-0.2, -0.15) is 5.10 Å². The Labute approximate surface area is 184 Å². The predicted molar refractivity (Wildman–Crippen MR) is 123 cm³/mol. The summed E-state index contributed by atoms with van der Waals surface area (Å²) in [6.45, 7) is 11.6. The topological polar surface area (TPSA) is 34.9 Å². The van der Waals surface area contributed by atoms with Crippen molar-refractivity contribution in [2.75, 3.05) is 0 Å². The minimum Gasteiger partial charge on any atom is -0.292 e. The first kappa shape index (κ1) is 22.1. The van der Waals surface area contributed by atoms with Gasteiger partial charge in [-0.05, 0) is 97.9 Å². The van der Waals surface area contributed by atoms with Crippen molar-refractivity contribution in [3.63, 3.8) is 0 Å². The number of rotatable bonds is 2. The van der Waals surface area contributed by atoms with E-state index in [0.29, 0.717) is 16.9 Å². The molecule has 0 radical (unpaired) electrons. The number of fused-ring (bicyclic) bond motifs is 5. The molecule has 0 aliphatic heterocycles. The van der Waals surface area contributed by atoms with E-state index in [2.05, 4.69) is 25.9 Å². The van der Waals surface area contributed by atoms with Crippen molar-refractivity contribution in [1.29, 1.82) is 0 Å². The van der Waals surface area contributed by atoms with E-state index in [1.54, 1.807) is 4.68 Å². The lowest BCUT2D eigenvalue weighted by atomic mass is 9.44. The molecule has 4 saturated carbocycles. The molecule has 1 aromatic rings. The van der Waals surface area contributed by atoms with Gasteiger partial charge in [-0.15, -0.1) is 0 Å². The summed E-state index contributed by atoms with van der Waals surface area (Å²) in [7, 11) is 1.91. The Hall–Kier alpha value is -1.12. The maximum atomic E-state index is 13.3. The number of aromatic nitrogens is 2. The van der Waals surface area contributed by atoms with E-state index < -0.39 is 0 Å². The molecule has 168 valence electrons. The van der Waals surface area contributed by atoms with Crippen LogP contribution in [0.2, 0.25) is 0 Å². The quantitative estimate of drug-likeness (QED) is 0.494. The van der Waals surface area contributed by atoms with Crippen molar-refractivity contribution in [2.45, 2.75) is 92.4 Å². The lowest BCUT2D eigenvalue weighted by Gasteiger charge is -2.61. The first-order chi connectivity index (χ1) is 14.3. The number of carbonyl (C=O) groups is 1. The van der Waals surface area contributed by atoms with Crippen LogP contribution >= 0.6 is 0 Å². The highest BCUT2D eigenvalue weighted by Gasteiger charge is 2.61. The zero-order valence-corrected chi connectivity index (χ0v) is 20.3. The summed E-state index contributed by atoms with van der Waals surface area (Å²) in [5.41, 5.74) is 1.45. The van der Waals surface area contributed by atoms with E-state index in [4.69, 9.17) is 0 Å². The Balaban J connectivity index is 0.00000106. The van der Waals surface area contributed by atoms with E-state index in [0.717, 1.165) is 36.0 Å². The van der Waals surface area contributed by atoms with Gasteiger partial charge in [-0.25, -0.2) is 0 Å². The van der Waals surface area contributed by atoms with Gasteiger partial charge in [0, 0.05) is 19.2 Å². The Morgan fingerprint density at radius 1 is 1.00 bits per heavy atom. The molecule has 0 amide bonds. The van der Waals surface area contributed by atoms with Crippen molar-refractivity contribution in [3.05, 3.63) is 18.0 Å². The molecule has 0 aromatic carbocycles. The first-order valence-electron chi connectivity index (χ1n) is 12.9. The zero-order chi connectivity index (χ0) is 21.7. The molecular formula is C27H44N2O. The van der Waals surface area contributed by atoms with Gasteiger partial charge in [-0.1, -0.05) is 41.0 Å². The van der Waals surface area contributed by atoms with E-state index >= 15 is 0 Å². The summed E-state index contributed by atoms with van der Waals surface area (Å²) in [5.74, 6) is 4.89. The molecule has 0 spiro atoms. The Morgan fingerprint density at radius 2 is 1.70 bits per heavy atom. The molecule has 0 bridgehead atoms. The van der Waals surface area contributed by atoms with Crippen molar-refractivity contribution >= 4 is 5.78 Å². The van der Waals surface area contributed by atoms with Crippen LogP contribution in [0.3, 0.4) is 0 Å². The molecule has 4 aliphatic rings. The number of aryl methyl sites for hydroxylation is 1. The Bertz CT molecular complexity index is 769. The van der Waals surface area contributed by atoms with E-state index in [1.807, 2.05) is 33.2 Å². The van der Waals surface area contributed by atoms with Gasteiger partial charge in [0.1, 0.15) is 5.69 Å². The molecule has 4 aliphatic carbocycles. The molecule has 0 N–H and O–H groups in total. The number of hydrogen-bond acceptors (Lipinski definition) is 2. The molecule has 4 fully saturated rings. The summed E-state index contributed by atoms with van der Waals surface area (Å²) in [5, 5.41) is 4.44. The average molecular weight is 413 g/mol. The van der Waals surface area contributed by atoms with Gasteiger partial charge in [0.2, 0.25) is 0 Å². The molecule has 30 heavy (non-hydrogen) atoms. The third-order valence-electron chi connectivity index (χ3n) is 10.2. The molecule has 1 heterocycles. The van der Waals surface area contributed by atoms with Crippen LogP contribution in [0.1, 0.15) is 103 Å². The lowest BCUT2D eigenvalue weighted by Crippen LogP contribution is -2.53. The van der Waals surface area contributed by atoms with Crippen LogP contribution in [0.15, 0.2) is 12.3 Å². The number of ketones is 1. The monoisotopic (exact) mass is 412 g/mol. The van der Waals surface area contributed by atoms with E-state index in [9.17, 15) is 4.79 Å². The Kier molecular flexibility index (Phi) is 5.96. The van der Waals surface area contributed by atoms with E-state index in [1.165, 1.54) is 51.4 Å². The molecule has 8 unspecified atom stereocenters. The predicted octanol–water partition coefficient (Wildman–Crippen LogP) is 6.92. The van der Waals surface area contributed by atoms with E-state index in [-0.39, 0.29) is 11.3 Å². The standard InChI is InChI=1S/C25H38N2O.C2H6/c1-16-9-12-24(2)17(15-16)5-6-18-19-7-8-21(25(19,3)13-10-20(18)24)23(28)22-11-14-27(4)26-22;1-2/h11,14,16-21H,5-10,12-13,15H2,1-4H3;1-2H3. The van der Waals surface area contributed by atoms with Crippen molar-refractivity contribution < 1.29 is 4.79 Å². The summed E-state index contributed by atoms with van der Waals surface area (Å²) in [6, 6.07) is 1.92. The van der Waals surface area contributed by atoms with Crippen LogP contribution in [0, 0.1) is 46.3 Å². The fraction of sp³-hybridized carbons (Fsp3) is 0.852. The van der Waals surface area contributed by atoms with Crippen LogP contribution in [0.5, 0.6) is 0 Å². The van der Waals surface area contributed by atoms with Crippen LogP contribution < -0.4 is 0 Å². The number of nitrogens with zero attached hydrogens (tertiary/aromatic N) is 2. The van der Waals surface area contributed by atoms with Crippen molar-refractivity contribution in [1.82, 2.24) is 9.78 Å². The number of hydrogen-bond donors (Lipinski definition) is 0. The fourth-order valence-corrected chi connectivity index (χ4v) is 8.63. The van der Waals surface area contributed by atoms with Gasteiger partial charge in [0.25, 0.3) is 0 Å². The summed E-state index contributed by atoms with van der Waals surface area (Å²) in [6.07, 6.45) is 14.0. The third kappa shape index (κ3) is 3.30. The maximum Gasteiger partial charge on any atom is 0.186 e. The smallest absolute Gasteiger partial charge is 0.186 e. The van der Waals surface area contributed by atoms with Gasteiger partial charge in [0.15, 0.2) is 5.78 Å². The average Bonchev–Trinajstić information content (AvgIpc) is 3.32. The van der Waals surface area contributed by atoms with Crippen LogP contribution in [-0.4, -0.2) is 15.6 Å². The second kappa shape index (κ2) is 8.10. The molecule has 3 nitrogen and oxygen atoms in total. The second-order valence-corrected chi connectivity index (χ2v) is 11.4. The molecule has 5 rings (SSSR count). The minimum atomic E-state index is 0.185. The number of Topliss-reactive ketones (excluding diaryl/α,β-unsaturated/α-hetero) is 1. The fourth-order valence-electron chi connectivity index (χ4n) is 8.63. The molecule has 3 heteroatoms. The number of carbonyl (C=O) groups excluding carboxylic acids is 1. The molecule has 8 atom stereocenters. The van der Waals surface area contributed by atoms with Gasteiger partial charge in [-0.3, -0.25) is 9.48 Å². The summed E-state index contributed by atoms with van der Waals surface area (Å²) in [4.78, 5) is 13.3. The highest BCUT2D eigenvalue weighted by Crippen LogP contribution is 2.67. The highest BCUT2D eigenvalue weighted by molar-refractivity contribution is 5.96. The summed E-state index contributed by atoms with van der Waals surface area (Å²) < 4.78 is 1.77. The molecule has 1 aromatic heterocycles. The normalized spacial score (nSPS) is 44.9. The highest BCUT2D eigenvalue weighted by atomic mass is 16.1. The first-order valence-corrected chi connectivity index (χ1v) is 12.9. The zero-order valence-electron chi connectivity index (χ0n) is 20.3. The van der Waals surface area contributed by atoms with Crippen LogP contribution in [0.25, 0.3) is 0 Å². The van der Waals surface area contributed by atoms with Crippen molar-refractivity contribution in [2.24, 2.45) is 53.4 Å². The van der Waals surface area contributed by atoms with Crippen molar-refractivity contribution in [3.8, 4) is 0 Å². The van der Waals surface area contributed by atoms with Gasteiger partial charge in [0.05, 0.1) is 0 Å². The second-order valence-electron chi connectivity index (χ2n) is 11.4. The molecule has 0 saturated heterocycles. The maximum absolute atomic E-state index is 13.3. The van der Waals surface area contributed by atoms with Gasteiger partial charge < -0.3 is 0 Å². The molecular weight excluding hydrogens is 368 g/mol. The minimum absolute atomic E-state index is 0.185. The largest absolute Gasteiger partial charge is 0.292 e.